The van der Waals surface area contributed by atoms with E-state index in [1.54, 1.807) is 12.4 Å². The standard InChI is InChI=1S/C9H9ClF3N3O/c1-14-7-2-5(6(10)3-15-7)8(17)16-4-9(11,12)13/h2-3H,4H2,1H3,(H,14,15)(H,16,17). The molecule has 8 heteroatoms. The highest BCUT2D eigenvalue weighted by molar-refractivity contribution is 6.33. The van der Waals surface area contributed by atoms with Gasteiger partial charge in [-0.2, -0.15) is 13.2 Å². The van der Waals surface area contributed by atoms with Crippen molar-refractivity contribution in [3.63, 3.8) is 0 Å². The minimum atomic E-state index is -4.46. The Morgan fingerprint density at radius 3 is 2.71 bits per heavy atom. The zero-order valence-electron chi connectivity index (χ0n) is 8.73. The Morgan fingerprint density at radius 2 is 2.18 bits per heavy atom. The Morgan fingerprint density at radius 1 is 1.53 bits per heavy atom. The van der Waals surface area contributed by atoms with Crippen molar-refractivity contribution in [3.8, 4) is 0 Å². The van der Waals surface area contributed by atoms with Gasteiger partial charge in [-0.3, -0.25) is 4.79 Å². The average Bonchev–Trinajstić information content (AvgIpc) is 2.25. The Kier molecular flexibility index (Phi) is 4.17. The van der Waals surface area contributed by atoms with Crippen LogP contribution in [-0.4, -0.2) is 30.7 Å². The topological polar surface area (TPSA) is 54.0 Å². The summed E-state index contributed by atoms with van der Waals surface area (Å²) in [6, 6.07) is 1.27. The van der Waals surface area contributed by atoms with Gasteiger partial charge in [0.15, 0.2) is 0 Å². The van der Waals surface area contributed by atoms with E-state index in [0.29, 0.717) is 5.82 Å². The Hall–Kier alpha value is -1.50. The van der Waals surface area contributed by atoms with Crippen LogP contribution >= 0.6 is 11.6 Å². The molecule has 1 heterocycles. The van der Waals surface area contributed by atoms with E-state index in [1.165, 1.54) is 12.3 Å². The highest BCUT2D eigenvalue weighted by atomic mass is 35.5. The first-order chi connectivity index (χ1) is 7.83. The number of nitrogens with zero attached hydrogens (tertiary/aromatic N) is 1. The Bertz CT molecular complexity index is 422. The minimum Gasteiger partial charge on any atom is -0.373 e. The number of amides is 1. The van der Waals surface area contributed by atoms with Gasteiger partial charge in [-0.15, -0.1) is 0 Å². The molecule has 0 fully saturated rings. The van der Waals surface area contributed by atoms with Crippen LogP contribution < -0.4 is 10.6 Å². The van der Waals surface area contributed by atoms with Gasteiger partial charge in [0.1, 0.15) is 12.4 Å². The number of carbonyl (C=O) groups is 1. The smallest absolute Gasteiger partial charge is 0.373 e. The zero-order chi connectivity index (χ0) is 13.1. The molecule has 1 rings (SSSR count). The third-order valence-electron chi connectivity index (χ3n) is 1.81. The first-order valence-electron chi connectivity index (χ1n) is 4.51. The Labute approximate surface area is 100 Å². The van der Waals surface area contributed by atoms with E-state index in [2.05, 4.69) is 10.3 Å². The van der Waals surface area contributed by atoms with E-state index < -0.39 is 18.6 Å². The van der Waals surface area contributed by atoms with Gasteiger partial charge in [-0.1, -0.05) is 11.6 Å². The van der Waals surface area contributed by atoms with Crippen molar-refractivity contribution in [2.75, 3.05) is 18.9 Å². The van der Waals surface area contributed by atoms with Crippen LogP contribution in [-0.2, 0) is 0 Å². The molecule has 4 nitrogen and oxygen atoms in total. The number of hydrogen-bond acceptors (Lipinski definition) is 3. The summed E-state index contributed by atoms with van der Waals surface area (Å²) in [4.78, 5) is 15.2. The lowest BCUT2D eigenvalue weighted by Gasteiger charge is -2.10. The lowest BCUT2D eigenvalue weighted by molar-refractivity contribution is -0.123. The van der Waals surface area contributed by atoms with Crippen LogP contribution in [0.1, 0.15) is 10.4 Å². The molecule has 0 aliphatic heterocycles. The number of halogens is 4. The molecule has 0 saturated carbocycles. The monoisotopic (exact) mass is 267 g/mol. The number of hydrogen-bond donors (Lipinski definition) is 2. The molecule has 0 saturated heterocycles. The molecular weight excluding hydrogens is 259 g/mol. The van der Waals surface area contributed by atoms with E-state index in [-0.39, 0.29) is 10.6 Å². The van der Waals surface area contributed by atoms with Gasteiger partial charge in [0.05, 0.1) is 10.6 Å². The number of pyridine rings is 1. The summed E-state index contributed by atoms with van der Waals surface area (Å²) in [6.07, 6.45) is -3.27. The molecule has 0 spiro atoms. The third-order valence-corrected chi connectivity index (χ3v) is 2.11. The molecule has 94 valence electrons. The Balaban J connectivity index is 2.81. The number of alkyl halides is 3. The quantitative estimate of drug-likeness (QED) is 0.881. The van der Waals surface area contributed by atoms with E-state index >= 15 is 0 Å². The maximum Gasteiger partial charge on any atom is 0.405 e. The molecule has 0 atom stereocenters. The first-order valence-corrected chi connectivity index (χ1v) is 4.89. The van der Waals surface area contributed by atoms with Gasteiger partial charge in [-0.25, -0.2) is 4.98 Å². The highest BCUT2D eigenvalue weighted by Crippen LogP contribution is 2.18. The SMILES string of the molecule is CNc1cc(C(=O)NCC(F)(F)F)c(Cl)cn1. The van der Waals surface area contributed by atoms with Crippen molar-refractivity contribution in [1.82, 2.24) is 10.3 Å². The normalized spacial score (nSPS) is 11.1. The fourth-order valence-electron chi connectivity index (χ4n) is 1.03. The highest BCUT2D eigenvalue weighted by Gasteiger charge is 2.28. The second kappa shape index (κ2) is 5.22. The summed E-state index contributed by atoms with van der Waals surface area (Å²) < 4.78 is 35.7. The second-order valence-electron chi connectivity index (χ2n) is 3.10. The molecule has 1 aromatic rings. The molecule has 2 N–H and O–H groups in total. The predicted octanol–water partition coefficient (Wildman–Crippen LogP) is 2.07. The van der Waals surface area contributed by atoms with Crippen LogP contribution in [0.4, 0.5) is 19.0 Å². The fourth-order valence-corrected chi connectivity index (χ4v) is 1.21. The van der Waals surface area contributed by atoms with Crippen molar-refractivity contribution < 1.29 is 18.0 Å². The average molecular weight is 268 g/mol. The summed E-state index contributed by atoms with van der Waals surface area (Å²) in [5.41, 5.74) is -0.0599. The van der Waals surface area contributed by atoms with Gasteiger partial charge in [-0.05, 0) is 6.07 Å². The zero-order valence-corrected chi connectivity index (χ0v) is 9.49. The van der Waals surface area contributed by atoms with Crippen LogP contribution in [0.25, 0.3) is 0 Å². The molecule has 0 aliphatic rings. The maximum atomic E-state index is 11.9. The van der Waals surface area contributed by atoms with Crippen LogP contribution in [0.5, 0.6) is 0 Å². The number of nitrogens with one attached hydrogen (secondary N) is 2. The number of rotatable bonds is 3. The van der Waals surface area contributed by atoms with Crippen molar-refractivity contribution in [1.29, 1.82) is 0 Å². The van der Waals surface area contributed by atoms with Gasteiger partial charge >= 0.3 is 6.18 Å². The minimum absolute atomic E-state index is 0.0105. The molecule has 1 aromatic heterocycles. The molecule has 17 heavy (non-hydrogen) atoms. The maximum absolute atomic E-state index is 11.9. The van der Waals surface area contributed by atoms with Crippen LogP contribution in [0.2, 0.25) is 5.02 Å². The van der Waals surface area contributed by atoms with Crippen molar-refractivity contribution in [3.05, 3.63) is 22.8 Å². The molecular formula is C9H9ClF3N3O. The number of anilines is 1. The molecule has 0 aliphatic carbocycles. The van der Waals surface area contributed by atoms with Crippen molar-refractivity contribution >= 4 is 23.3 Å². The van der Waals surface area contributed by atoms with Crippen molar-refractivity contribution in [2.45, 2.75) is 6.18 Å². The largest absolute Gasteiger partial charge is 0.405 e. The van der Waals surface area contributed by atoms with Gasteiger partial charge in [0.25, 0.3) is 5.91 Å². The summed E-state index contributed by atoms with van der Waals surface area (Å²) in [7, 11) is 1.56. The first kappa shape index (κ1) is 13.6. The van der Waals surface area contributed by atoms with Crippen LogP contribution in [0.15, 0.2) is 12.3 Å². The van der Waals surface area contributed by atoms with E-state index in [0.717, 1.165) is 0 Å². The van der Waals surface area contributed by atoms with Gasteiger partial charge in [0.2, 0.25) is 0 Å². The number of carbonyl (C=O) groups excluding carboxylic acids is 1. The van der Waals surface area contributed by atoms with Gasteiger partial charge < -0.3 is 10.6 Å². The summed E-state index contributed by atoms with van der Waals surface area (Å²) in [5, 5.41) is 4.37. The fraction of sp³-hybridized carbons (Fsp3) is 0.333. The van der Waals surface area contributed by atoms with Gasteiger partial charge in [0, 0.05) is 13.2 Å². The van der Waals surface area contributed by atoms with Crippen LogP contribution in [0, 0.1) is 0 Å². The molecule has 0 aromatic carbocycles. The predicted molar refractivity (Wildman–Crippen MR) is 57.2 cm³/mol. The third kappa shape index (κ3) is 4.10. The van der Waals surface area contributed by atoms with E-state index in [4.69, 9.17) is 11.6 Å². The molecule has 1 amide bonds. The summed E-state index contributed by atoms with van der Waals surface area (Å²) >= 11 is 5.67. The summed E-state index contributed by atoms with van der Waals surface area (Å²) in [5.74, 6) is -0.558. The van der Waals surface area contributed by atoms with E-state index in [1.807, 2.05) is 0 Å². The lowest BCUT2D eigenvalue weighted by atomic mass is 10.2. The molecule has 0 bridgehead atoms. The lowest BCUT2D eigenvalue weighted by Crippen LogP contribution is -2.33. The molecule has 0 unspecified atom stereocenters. The number of aromatic nitrogens is 1. The second-order valence-corrected chi connectivity index (χ2v) is 3.50. The summed E-state index contributed by atoms with van der Waals surface area (Å²) in [6.45, 7) is -1.40. The van der Waals surface area contributed by atoms with Crippen molar-refractivity contribution in [2.24, 2.45) is 0 Å². The van der Waals surface area contributed by atoms with E-state index in [9.17, 15) is 18.0 Å². The van der Waals surface area contributed by atoms with Crippen LogP contribution in [0.3, 0.4) is 0 Å². The molecule has 0 radical (unpaired) electrons.